The number of ether oxygens (including phenoxy) is 1. The zero-order valence-electron chi connectivity index (χ0n) is 23.9. The zero-order valence-corrected chi connectivity index (χ0v) is 24.8. The Morgan fingerprint density at radius 2 is 1.55 bits per heavy atom. The van der Waals surface area contributed by atoms with Crippen LogP contribution >= 0.6 is 11.8 Å². The maximum Gasteiger partial charge on any atom is 0.272 e. The number of para-hydroxylation sites is 1. The smallest absolute Gasteiger partial charge is 0.272 e. The SMILES string of the molecule is COc1ccccc1/C=C(/NC(=O)c1ccccc1)C(=O)Nc1cccc(SC(C)C(=O)Nc2cccc(C)c2C)c1. The molecule has 3 N–H and O–H groups in total. The molecule has 0 aliphatic heterocycles. The van der Waals surface area contributed by atoms with Gasteiger partial charge in [0.05, 0.1) is 12.4 Å². The number of anilines is 2. The quantitative estimate of drug-likeness (QED) is 0.141. The van der Waals surface area contributed by atoms with Gasteiger partial charge >= 0.3 is 0 Å². The van der Waals surface area contributed by atoms with E-state index in [-0.39, 0.29) is 16.9 Å². The van der Waals surface area contributed by atoms with Gasteiger partial charge in [0, 0.05) is 27.4 Å². The van der Waals surface area contributed by atoms with Crippen molar-refractivity contribution >= 4 is 46.9 Å². The predicted octanol–water partition coefficient (Wildman–Crippen LogP) is 6.84. The van der Waals surface area contributed by atoms with Crippen LogP contribution in [0.15, 0.2) is 108 Å². The van der Waals surface area contributed by atoms with Crippen molar-refractivity contribution in [3.8, 4) is 5.75 Å². The Morgan fingerprint density at radius 3 is 2.31 bits per heavy atom. The summed E-state index contributed by atoms with van der Waals surface area (Å²) in [5.41, 5.74) is 4.55. The fourth-order valence-electron chi connectivity index (χ4n) is 4.11. The standard InChI is InChI=1S/C34H33N3O4S/c1-22-12-10-18-29(23(22)2)36-32(38)24(3)42-28-17-11-16-27(21-28)35-34(40)30(20-26-15-8-9-19-31(26)41-4)37-33(39)25-13-6-5-7-14-25/h5-21,24H,1-4H3,(H,35,40)(H,36,38)(H,37,39)/b30-20+. The van der Waals surface area contributed by atoms with Gasteiger partial charge < -0.3 is 20.7 Å². The van der Waals surface area contributed by atoms with Crippen LogP contribution in [0.3, 0.4) is 0 Å². The number of rotatable bonds is 10. The Kier molecular flexibility index (Phi) is 10.2. The minimum absolute atomic E-state index is 0.0488. The molecular formula is C34H33N3O4S. The average molecular weight is 580 g/mol. The van der Waals surface area contributed by atoms with Crippen molar-refractivity contribution < 1.29 is 19.1 Å². The van der Waals surface area contributed by atoms with Crippen molar-refractivity contribution in [2.24, 2.45) is 0 Å². The molecule has 214 valence electrons. The molecule has 0 spiro atoms. The number of hydrogen-bond acceptors (Lipinski definition) is 5. The summed E-state index contributed by atoms with van der Waals surface area (Å²) < 4.78 is 5.43. The molecule has 7 nitrogen and oxygen atoms in total. The van der Waals surface area contributed by atoms with Crippen LogP contribution in [0.4, 0.5) is 11.4 Å². The number of benzene rings is 4. The molecule has 0 bridgehead atoms. The minimum atomic E-state index is -0.506. The maximum absolute atomic E-state index is 13.5. The van der Waals surface area contributed by atoms with E-state index < -0.39 is 11.8 Å². The van der Waals surface area contributed by atoms with Crippen LogP contribution in [0.2, 0.25) is 0 Å². The minimum Gasteiger partial charge on any atom is -0.496 e. The van der Waals surface area contributed by atoms with E-state index in [1.807, 2.05) is 63.2 Å². The van der Waals surface area contributed by atoms with Gasteiger partial charge in [-0.25, -0.2) is 0 Å². The summed E-state index contributed by atoms with van der Waals surface area (Å²) in [4.78, 5) is 40.2. The van der Waals surface area contributed by atoms with E-state index in [4.69, 9.17) is 4.74 Å². The second kappa shape index (κ2) is 14.2. The molecule has 0 saturated heterocycles. The van der Waals surface area contributed by atoms with Crippen LogP contribution < -0.4 is 20.7 Å². The van der Waals surface area contributed by atoms with Crippen molar-refractivity contribution in [3.63, 3.8) is 0 Å². The second-order valence-corrected chi connectivity index (χ2v) is 11.0. The summed E-state index contributed by atoms with van der Waals surface area (Å²) in [5, 5.41) is 8.24. The highest BCUT2D eigenvalue weighted by atomic mass is 32.2. The van der Waals surface area contributed by atoms with Crippen LogP contribution in [-0.2, 0) is 9.59 Å². The molecule has 8 heteroatoms. The van der Waals surface area contributed by atoms with Crippen molar-refractivity contribution in [1.82, 2.24) is 5.32 Å². The first-order chi connectivity index (χ1) is 20.2. The third kappa shape index (κ3) is 7.89. The summed E-state index contributed by atoms with van der Waals surface area (Å²) in [6, 6.07) is 28.9. The Morgan fingerprint density at radius 1 is 0.833 bits per heavy atom. The van der Waals surface area contributed by atoms with E-state index in [0.29, 0.717) is 22.6 Å². The zero-order chi connectivity index (χ0) is 30.1. The van der Waals surface area contributed by atoms with Gasteiger partial charge in [0.25, 0.3) is 11.8 Å². The van der Waals surface area contributed by atoms with Crippen LogP contribution in [-0.4, -0.2) is 30.1 Å². The van der Waals surface area contributed by atoms with Crippen molar-refractivity contribution in [2.45, 2.75) is 30.9 Å². The van der Waals surface area contributed by atoms with Crippen molar-refractivity contribution in [2.75, 3.05) is 17.7 Å². The fraction of sp³-hybridized carbons (Fsp3) is 0.147. The third-order valence-electron chi connectivity index (χ3n) is 6.60. The monoisotopic (exact) mass is 579 g/mol. The van der Waals surface area contributed by atoms with E-state index >= 15 is 0 Å². The molecule has 4 aromatic rings. The van der Waals surface area contributed by atoms with Gasteiger partial charge in [0.15, 0.2) is 0 Å². The Balaban J connectivity index is 1.51. The molecule has 0 aromatic heterocycles. The van der Waals surface area contributed by atoms with Gasteiger partial charge in [-0.1, -0.05) is 54.6 Å². The molecule has 0 heterocycles. The Labute approximate surface area is 250 Å². The summed E-state index contributed by atoms with van der Waals surface area (Å²) in [5.74, 6) is -0.481. The number of carbonyl (C=O) groups is 3. The lowest BCUT2D eigenvalue weighted by Crippen LogP contribution is -2.30. The van der Waals surface area contributed by atoms with Gasteiger partial charge in [0.1, 0.15) is 11.4 Å². The van der Waals surface area contributed by atoms with E-state index in [0.717, 1.165) is 21.7 Å². The summed E-state index contributed by atoms with van der Waals surface area (Å²) in [6.07, 6.45) is 1.58. The first kappa shape index (κ1) is 30.1. The predicted molar refractivity (Wildman–Crippen MR) is 170 cm³/mol. The fourth-order valence-corrected chi connectivity index (χ4v) is 5.03. The molecule has 42 heavy (non-hydrogen) atoms. The largest absolute Gasteiger partial charge is 0.496 e. The van der Waals surface area contributed by atoms with E-state index in [9.17, 15) is 14.4 Å². The van der Waals surface area contributed by atoms with Crippen LogP contribution in [0.5, 0.6) is 5.75 Å². The third-order valence-corrected chi connectivity index (χ3v) is 7.70. The number of aryl methyl sites for hydroxylation is 1. The molecule has 3 amide bonds. The Hall–Kier alpha value is -4.82. The molecule has 0 radical (unpaired) electrons. The number of thioether (sulfide) groups is 1. The van der Waals surface area contributed by atoms with E-state index in [1.165, 1.54) is 11.8 Å². The number of hydrogen-bond donors (Lipinski definition) is 3. The molecule has 0 aliphatic carbocycles. The van der Waals surface area contributed by atoms with Crippen LogP contribution in [0, 0.1) is 13.8 Å². The van der Waals surface area contributed by atoms with E-state index in [2.05, 4.69) is 16.0 Å². The van der Waals surface area contributed by atoms with Gasteiger partial charge in [-0.2, -0.15) is 0 Å². The van der Waals surface area contributed by atoms with Gasteiger partial charge in [-0.3, -0.25) is 14.4 Å². The van der Waals surface area contributed by atoms with E-state index in [1.54, 1.807) is 67.8 Å². The first-order valence-electron chi connectivity index (χ1n) is 13.4. The number of methoxy groups -OCH3 is 1. The highest BCUT2D eigenvalue weighted by Crippen LogP contribution is 2.28. The maximum atomic E-state index is 13.5. The summed E-state index contributed by atoms with van der Waals surface area (Å²) in [6.45, 7) is 5.82. The van der Waals surface area contributed by atoms with Crippen molar-refractivity contribution in [1.29, 1.82) is 0 Å². The lowest BCUT2D eigenvalue weighted by molar-refractivity contribution is -0.115. The highest BCUT2D eigenvalue weighted by Gasteiger charge is 2.18. The van der Waals surface area contributed by atoms with Gasteiger partial charge in [-0.15, -0.1) is 11.8 Å². The average Bonchev–Trinajstić information content (AvgIpc) is 2.99. The number of amides is 3. The molecule has 0 saturated carbocycles. The summed E-state index contributed by atoms with van der Waals surface area (Å²) >= 11 is 1.38. The van der Waals surface area contributed by atoms with Crippen LogP contribution in [0.1, 0.15) is 34.0 Å². The molecule has 1 unspecified atom stereocenters. The molecule has 0 fully saturated rings. The first-order valence-corrected chi connectivity index (χ1v) is 14.3. The summed E-state index contributed by atoms with van der Waals surface area (Å²) in [7, 11) is 1.54. The van der Waals surface area contributed by atoms with Crippen LogP contribution in [0.25, 0.3) is 6.08 Å². The topological polar surface area (TPSA) is 96.5 Å². The molecular weight excluding hydrogens is 546 g/mol. The lowest BCUT2D eigenvalue weighted by atomic mass is 10.1. The lowest BCUT2D eigenvalue weighted by Gasteiger charge is -2.15. The van der Waals surface area contributed by atoms with Gasteiger partial charge in [-0.05, 0) is 80.4 Å². The number of nitrogens with one attached hydrogen (secondary N) is 3. The normalized spacial score (nSPS) is 11.8. The molecule has 4 rings (SSSR count). The molecule has 4 aromatic carbocycles. The highest BCUT2D eigenvalue weighted by molar-refractivity contribution is 8.00. The molecule has 0 aliphatic rings. The van der Waals surface area contributed by atoms with Gasteiger partial charge in [0.2, 0.25) is 5.91 Å². The molecule has 1 atom stereocenters. The Bertz CT molecular complexity index is 1620. The van der Waals surface area contributed by atoms with Crippen molar-refractivity contribution in [3.05, 3.63) is 125 Å². The second-order valence-electron chi connectivity index (χ2n) is 9.60. The number of carbonyl (C=O) groups excluding carboxylic acids is 3.